The maximum Gasteiger partial charge on any atom is 0.416 e. The molecule has 1 aromatic rings. The molecule has 1 heterocycles. The summed E-state index contributed by atoms with van der Waals surface area (Å²) in [7, 11) is 0. The van der Waals surface area contributed by atoms with Crippen molar-refractivity contribution in [2.24, 2.45) is 0 Å². The minimum Gasteiger partial charge on any atom is -0.383 e. The van der Waals surface area contributed by atoms with Crippen molar-refractivity contribution in [3.05, 3.63) is 46.7 Å². The van der Waals surface area contributed by atoms with Gasteiger partial charge in [-0.05, 0) is 12.1 Å². The lowest BCUT2D eigenvalue weighted by molar-refractivity contribution is -0.137. The van der Waals surface area contributed by atoms with E-state index in [0.717, 1.165) is 24.3 Å². The molecule has 1 N–H and O–H groups in total. The van der Waals surface area contributed by atoms with Gasteiger partial charge in [-0.15, -0.1) is 0 Å². The number of nitrogens with zero attached hydrogens (tertiary/aromatic N) is 1. The third-order valence-electron chi connectivity index (χ3n) is 2.95. The number of nitrogens with one attached hydrogen (secondary N) is 1. The molecule has 110 valence electrons. The number of hydrogen-bond donors (Lipinski definition) is 1. The minimum absolute atomic E-state index is 0.0272. The van der Waals surface area contributed by atoms with Crippen molar-refractivity contribution < 1.29 is 22.7 Å². The van der Waals surface area contributed by atoms with Crippen molar-refractivity contribution in [2.75, 3.05) is 19.8 Å². The van der Waals surface area contributed by atoms with Gasteiger partial charge >= 0.3 is 6.18 Å². The largest absolute Gasteiger partial charge is 0.416 e. The standard InChI is InChI=1S/C14H11F3N2O2/c15-14(16,17)10-3-1-9(2-4-10)13(20)11(7-18)12-8-21-6-5-19-12/h1-4,19H,5-6,8H2/b12-11+. The van der Waals surface area contributed by atoms with Crippen LogP contribution in [0.15, 0.2) is 35.5 Å². The zero-order valence-electron chi connectivity index (χ0n) is 10.8. The lowest BCUT2D eigenvalue weighted by Gasteiger charge is -2.18. The van der Waals surface area contributed by atoms with Crippen LogP contribution in [0.5, 0.6) is 0 Å². The first kappa shape index (κ1) is 15.1. The van der Waals surface area contributed by atoms with E-state index in [1.165, 1.54) is 0 Å². The van der Waals surface area contributed by atoms with Gasteiger partial charge in [-0.25, -0.2) is 0 Å². The van der Waals surface area contributed by atoms with Crippen LogP contribution in [0.1, 0.15) is 15.9 Å². The Morgan fingerprint density at radius 3 is 2.43 bits per heavy atom. The number of allylic oxidation sites excluding steroid dienone is 1. The maximum absolute atomic E-state index is 12.5. The first-order valence-electron chi connectivity index (χ1n) is 6.10. The van der Waals surface area contributed by atoms with Gasteiger partial charge in [0.15, 0.2) is 0 Å². The molecule has 2 rings (SSSR count). The second kappa shape index (κ2) is 5.97. The number of nitriles is 1. The SMILES string of the molecule is N#C/C(C(=O)c1ccc(C(F)(F)F)cc1)=C1/COCCN1. The van der Waals surface area contributed by atoms with Crippen molar-refractivity contribution >= 4 is 5.78 Å². The number of carbonyl (C=O) groups excluding carboxylic acids is 1. The highest BCUT2D eigenvalue weighted by atomic mass is 19.4. The van der Waals surface area contributed by atoms with Crippen LogP contribution in [0.2, 0.25) is 0 Å². The monoisotopic (exact) mass is 296 g/mol. The van der Waals surface area contributed by atoms with Gasteiger partial charge in [0.1, 0.15) is 11.6 Å². The van der Waals surface area contributed by atoms with Crippen LogP contribution in [0.25, 0.3) is 0 Å². The third-order valence-corrected chi connectivity index (χ3v) is 2.95. The number of morpholine rings is 1. The summed E-state index contributed by atoms with van der Waals surface area (Å²) in [5, 5.41) is 12.0. The van der Waals surface area contributed by atoms with Crippen molar-refractivity contribution in [1.29, 1.82) is 5.26 Å². The molecule has 0 unspecified atom stereocenters. The van der Waals surface area contributed by atoms with Gasteiger partial charge in [0, 0.05) is 12.1 Å². The molecule has 0 amide bonds. The van der Waals surface area contributed by atoms with Crippen LogP contribution in [0.3, 0.4) is 0 Å². The Labute approximate surface area is 118 Å². The van der Waals surface area contributed by atoms with Crippen molar-refractivity contribution in [2.45, 2.75) is 6.18 Å². The van der Waals surface area contributed by atoms with Crippen molar-refractivity contribution in [1.82, 2.24) is 5.32 Å². The zero-order valence-corrected chi connectivity index (χ0v) is 10.8. The van der Waals surface area contributed by atoms with Crippen molar-refractivity contribution in [3.63, 3.8) is 0 Å². The summed E-state index contributed by atoms with van der Waals surface area (Å²) in [6.45, 7) is 1.05. The average molecular weight is 296 g/mol. The highest BCUT2D eigenvalue weighted by molar-refractivity contribution is 6.11. The zero-order chi connectivity index (χ0) is 15.5. The predicted octanol–water partition coefficient (Wildman–Crippen LogP) is 2.29. The van der Waals surface area contributed by atoms with Crippen LogP contribution < -0.4 is 5.32 Å². The van der Waals surface area contributed by atoms with Gasteiger partial charge in [0.25, 0.3) is 0 Å². The van der Waals surface area contributed by atoms with E-state index in [1.54, 1.807) is 6.07 Å². The Bertz CT molecular complexity index is 605. The van der Waals surface area contributed by atoms with Gasteiger partial charge in [0.05, 0.1) is 24.5 Å². The molecule has 1 aliphatic heterocycles. The highest BCUT2D eigenvalue weighted by Gasteiger charge is 2.30. The number of alkyl halides is 3. The average Bonchev–Trinajstić information content (AvgIpc) is 2.48. The van der Waals surface area contributed by atoms with E-state index < -0.39 is 17.5 Å². The molecule has 0 aromatic heterocycles. The van der Waals surface area contributed by atoms with Gasteiger partial charge in [-0.1, -0.05) is 12.1 Å². The summed E-state index contributed by atoms with van der Waals surface area (Å²) < 4.78 is 42.5. The smallest absolute Gasteiger partial charge is 0.383 e. The number of hydrogen-bond acceptors (Lipinski definition) is 4. The highest BCUT2D eigenvalue weighted by Crippen LogP contribution is 2.29. The van der Waals surface area contributed by atoms with Gasteiger partial charge < -0.3 is 10.1 Å². The molecular formula is C14H11F3N2O2. The number of ketones is 1. The van der Waals surface area contributed by atoms with E-state index in [0.29, 0.717) is 18.8 Å². The molecule has 1 fully saturated rings. The Balaban J connectivity index is 2.29. The summed E-state index contributed by atoms with van der Waals surface area (Å²) in [5.74, 6) is -0.626. The number of Topliss-reactive ketones (excluding diaryl/α,β-unsaturated/α-hetero) is 1. The number of rotatable bonds is 2. The van der Waals surface area contributed by atoms with E-state index >= 15 is 0 Å². The molecule has 0 radical (unpaired) electrons. The molecule has 0 atom stereocenters. The van der Waals surface area contributed by atoms with Gasteiger partial charge in [-0.3, -0.25) is 4.79 Å². The number of halogens is 3. The van der Waals surface area contributed by atoms with E-state index in [2.05, 4.69) is 5.32 Å². The molecule has 4 nitrogen and oxygen atoms in total. The van der Waals surface area contributed by atoms with E-state index in [1.807, 2.05) is 0 Å². The first-order chi connectivity index (χ1) is 9.93. The molecule has 1 aromatic carbocycles. The molecule has 0 spiro atoms. The number of benzene rings is 1. The Morgan fingerprint density at radius 1 is 1.29 bits per heavy atom. The van der Waals surface area contributed by atoms with Crippen LogP contribution in [0, 0.1) is 11.3 Å². The molecule has 0 bridgehead atoms. The minimum atomic E-state index is -4.46. The molecule has 21 heavy (non-hydrogen) atoms. The predicted molar refractivity (Wildman–Crippen MR) is 67.2 cm³/mol. The fourth-order valence-electron chi connectivity index (χ4n) is 1.87. The van der Waals surface area contributed by atoms with Crippen LogP contribution in [-0.2, 0) is 10.9 Å². The topological polar surface area (TPSA) is 62.1 Å². The maximum atomic E-state index is 12.5. The fourth-order valence-corrected chi connectivity index (χ4v) is 1.87. The molecular weight excluding hydrogens is 285 g/mol. The number of carbonyl (C=O) groups is 1. The van der Waals surface area contributed by atoms with Crippen LogP contribution in [0.4, 0.5) is 13.2 Å². The van der Waals surface area contributed by atoms with Crippen LogP contribution in [-0.4, -0.2) is 25.5 Å². The molecule has 0 aliphatic carbocycles. The summed E-state index contributed by atoms with van der Waals surface area (Å²) in [6.07, 6.45) is -4.46. The second-order valence-corrected chi connectivity index (χ2v) is 4.35. The lowest BCUT2D eigenvalue weighted by Crippen LogP contribution is -2.31. The lowest BCUT2D eigenvalue weighted by atomic mass is 10.0. The van der Waals surface area contributed by atoms with E-state index in [9.17, 15) is 18.0 Å². The molecule has 7 heteroatoms. The molecule has 1 aliphatic rings. The molecule has 1 saturated heterocycles. The Hall–Kier alpha value is -2.33. The Morgan fingerprint density at radius 2 is 1.95 bits per heavy atom. The summed E-state index contributed by atoms with van der Waals surface area (Å²) in [4.78, 5) is 12.2. The van der Waals surface area contributed by atoms with Gasteiger partial charge in [0.2, 0.25) is 5.78 Å². The molecule has 0 saturated carbocycles. The summed E-state index contributed by atoms with van der Waals surface area (Å²) in [5.41, 5.74) is -0.605. The Kier molecular flexibility index (Phi) is 4.29. The number of ether oxygens (including phenoxy) is 1. The van der Waals surface area contributed by atoms with E-state index in [-0.39, 0.29) is 17.7 Å². The summed E-state index contributed by atoms with van der Waals surface area (Å²) >= 11 is 0. The van der Waals surface area contributed by atoms with Gasteiger partial charge in [-0.2, -0.15) is 18.4 Å². The van der Waals surface area contributed by atoms with Crippen molar-refractivity contribution in [3.8, 4) is 6.07 Å². The quantitative estimate of drug-likeness (QED) is 0.517. The fraction of sp³-hybridized carbons (Fsp3) is 0.286. The van der Waals surface area contributed by atoms with Crippen LogP contribution >= 0.6 is 0 Å². The first-order valence-corrected chi connectivity index (χ1v) is 6.10. The third kappa shape index (κ3) is 3.41. The second-order valence-electron chi connectivity index (χ2n) is 4.35. The normalized spacial score (nSPS) is 17.6. The summed E-state index contributed by atoms with van der Waals surface area (Å²) in [6, 6.07) is 5.54. The van der Waals surface area contributed by atoms with E-state index in [4.69, 9.17) is 10.00 Å².